The average molecular weight is 362 g/mol. The van der Waals surface area contributed by atoms with Gasteiger partial charge in [0.25, 0.3) is 0 Å². The Balaban J connectivity index is 1.59. The summed E-state index contributed by atoms with van der Waals surface area (Å²) in [6, 6.07) is 15.3. The van der Waals surface area contributed by atoms with Crippen LogP contribution in [0.4, 0.5) is 11.4 Å². The lowest BCUT2D eigenvalue weighted by molar-refractivity contribution is -0.116. The van der Waals surface area contributed by atoms with E-state index in [4.69, 9.17) is 0 Å². The van der Waals surface area contributed by atoms with E-state index in [9.17, 15) is 9.59 Å². The summed E-state index contributed by atoms with van der Waals surface area (Å²) in [7, 11) is 0. The van der Waals surface area contributed by atoms with Gasteiger partial charge in [-0.15, -0.1) is 0 Å². The van der Waals surface area contributed by atoms with Crippen molar-refractivity contribution in [1.82, 2.24) is 9.78 Å². The van der Waals surface area contributed by atoms with E-state index in [0.717, 1.165) is 16.8 Å². The van der Waals surface area contributed by atoms with E-state index in [0.29, 0.717) is 24.2 Å². The van der Waals surface area contributed by atoms with Crippen molar-refractivity contribution in [3.8, 4) is 5.69 Å². The summed E-state index contributed by atoms with van der Waals surface area (Å²) in [5.74, 6) is -0.220. The summed E-state index contributed by atoms with van der Waals surface area (Å²) in [5, 5.41) is 10.0. The number of carbonyl (C=O) groups excluding carboxylic acids is 2. The summed E-state index contributed by atoms with van der Waals surface area (Å²) in [6.45, 7) is 3.32. The number of carbonyl (C=O) groups is 2. The van der Waals surface area contributed by atoms with Crippen LogP contribution in [-0.4, -0.2) is 21.6 Å². The van der Waals surface area contributed by atoms with Crippen molar-refractivity contribution in [2.45, 2.75) is 26.7 Å². The highest BCUT2D eigenvalue weighted by molar-refractivity contribution is 5.95. The number of rotatable bonds is 6. The molecule has 2 aromatic carbocycles. The molecular formula is C21H22N4O2. The first kappa shape index (κ1) is 18.4. The maximum atomic E-state index is 12.3. The van der Waals surface area contributed by atoms with Crippen LogP contribution in [-0.2, 0) is 16.0 Å². The molecule has 138 valence electrons. The van der Waals surface area contributed by atoms with E-state index in [1.54, 1.807) is 16.9 Å². The quantitative estimate of drug-likeness (QED) is 0.702. The second kappa shape index (κ2) is 8.31. The Hall–Kier alpha value is -3.41. The number of nitrogens with one attached hydrogen (secondary N) is 2. The lowest BCUT2D eigenvalue weighted by Gasteiger charge is -2.12. The number of benzene rings is 2. The van der Waals surface area contributed by atoms with Gasteiger partial charge in [0.15, 0.2) is 0 Å². The molecule has 0 spiro atoms. The van der Waals surface area contributed by atoms with Crippen molar-refractivity contribution >= 4 is 23.2 Å². The molecule has 0 radical (unpaired) electrons. The van der Waals surface area contributed by atoms with Crippen molar-refractivity contribution in [3.63, 3.8) is 0 Å². The number of amides is 2. The zero-order chi connectivity index (χ0) is 19.2. The largest absolute Gasteiger partial charge is 0.326 e. The van der Waals surface area contributed by atoms with Gasteiger partial charge in [-0.2, -0.15) is 5.10 Å². The minimum Gasteiger partial charge on any atom is -0.326 e. The highest BCUT2D eigenvalue weighted by Crippen LogP contribution is 2.23. The van der Waals surface area contributed by atoms with Gasteiger partial charge in [0, 0.05) is 30.9 Å². The molecule has 0 saturated heterocycles. The zero-order valence-electron chi connectivity index (χ0n) is 15.4. The fourth-order valence-electron chi connectivity index (χ4n) is 2.78. The smallest absolute Gasteiger partial charge is 0.224 e. The van der Waals surface area contributed by atoms with Gasteiger partial charge in [0.2, 0.25) is 11.8 Å². The Morgan fingerprint density at radius 2 is 1.70 bits per heavy atom. The number of aromatic nitrogens is 2. The molecule has 27 heavy (non-hydrogen) atoms. The summed E-state index contributed by atoms with van der Waals surface area (Å²) < 4.78 is 1.80. The Labute approximate surface area is 158 Å². The van der Waals surface area contributed by atoms with Gasteiger partial charge >= 0.3 is 0 Å². The van der Waals surface area contributed by atoms with Crippen LogP contribution >= 0.6 is 0 Å². The van der Waals surface area contributed by atoms with E-state index in [1.807, 2.05) is 55.6 Å². The molecule has 1 aromatic heterocycles. The maximum absolute atomic E-state index is 12.3. The summed E-state index contributed by atoms with van der Waals surface area (Å²) in [6.07, 6.45) is 4.67. The molecule has 3 aromatic rings. The lowest BCUT2D eigenvalue weighted by atomic mass is 10.1. The van der Waals surface area contributed by atoms with Crippen molar-refractivity contribution in [3.05, 3.63) is 72.1 Å². The molecule has 0 aliphatic carbocycles. The average Bonchev–Trinajstić information content (AvgIpc) is 3.13. The van der Waals surface area contributed by atoms with Gasteiger partial charge in [0.1, 0.15) is 0 Å². The van der Waals surface area contributed by atoms with Gasteiger partial charge in [-0.3, -0.25) is 9.59 Å². The van der Waals surface area contributed by atoms with Crippen molar-refractivity contribution in [2.24, 2.45) is 0 Å². The number of hydrogen-bond donors (Lipinski definition) is 2. The van der Waals surface area contributed by atoms with Crippen LogP contribution < -0.4 is 10.6 Å². The molecule has 0 fully saturated rings. The minimum atomic E-state index is -0.142. The van der Waals surface area contributed by atoms with Crippen LogP contribution in [0.25, 0.3) is 5.69 Å². The molecule has 6 nitrogen and oxygen atoms in total. The fourth-order valence-corrected chi connectivity index (χ4v) is 2.78. The second-order valence-electron chi connectivity index (χ2n) is 6.34. The van der Waals surface area contributed by atoms with Crippen LogP contribution in [0.2, 0.25) is 0 Å². The molecule has 1 heterocycles. The van der Waals surface area contributed by atoms with Crippen molar-refractivity contribution in [2.75, 3.05) is 10.6 Å². The zero-order valence-corrected chi connectivity index (χ0v) is 15.4. The molecular weight excluding hydrogens is 340 g/mol. The molecule has 0 atom stereocenters. The molecule has 0 aliphatic rings. The van der Waals surface area contributed by atoms with Crippen LogP contribution in [0.3, 0.4) is 0 Å². The maximum Gasteiger partial charge on any atom is 0.224 e. The summed E-state index contributed by atoms with van der Waals surface area (Å²) in [4.78, 5) is 23.6. The van der Waals surface area contributed by atoms with Gasteiger partial charge in [-0.1, -0.05) is 24.3 Å². The van der Waals surface area contributed by atoms with Crippen molar-refractivity contribution in [1.29, 1.82) is 0 Å². The molecule has 3 rings (SSSR count). The minimum absolute atomic E-state index is 0.0782. The molecule has 6 heteroatoms. The molecule has 0 aliphatic heterocycles. The third-order valence-electron chi connectivity index (χ3n) is 4.22. The molecule has 0 unspecified atom stereocenters. The van der Waals surface area contributed by atoms with Gasteiger partial charge in [-0.25, -0.2) is 4.68 Å². The van der Waals surface area contributed by atoms with E-state index in [1.165, 1.54) is 6.92 Å². The second-order valence-corrected chi connectivity index (χ2v) is 6.34. The Morgan fingerprint density at radius 3 is 2.41 bits per heavy atom. The Morgan fingerprint density at radius 1 is 1.00 bits per heavy atom. The van der Waals surface area contributed by atoms with Crippen LogP contribution in [0.15, 0.2) is 60.9 Å². The number of nitrogens with zero attached hydrogens (tertiary/aromatic N) is 2. The molecule has 0 bridgehead atoms. The van der Waals surface area contributed by atoms with Crippen LogP contribution in [0.1, 0.15) is 24.5 Å². The van der Waals surface area contributed by atoms with E-state index < -0.39 is 0 Å². The van der Waals surface area contributed by atoms with Gasteiger partial charge < -0.3 is 10.6 Å². The van der Waals surface area contributed by atoms with E-state index in [-0.39, 0.29) is 11.8 Å². The molecule has 2 N–H and O–H groups in total. The lowest BCUT2D eigenvalue weighted by Crippen LogP contribution is -2.14. The standard InChI is InChI=1S/C21H22N4O2/c1-15-19(23-16(2)26)9-6-10-20(15)24-21(27)12-11-17-13-22-25(14-17)18-7-4-3-5-8-18/h3-10,13-14H,11-12H2,1-2H3,(H,23,26)(H,24,27). The first-order valence-corrected chi connectivity index (χ1v) is 8.79. The summed E-state index contributed by atoms with van der Waals surface area (Å²) >= 11 is 0. The van der Waals surface area contributed by atoms with Gasteiger partial charge in [0.05, 0.1) is 11.9 Å². The Kier molecular flexibility index (Phi) is 5.66. The third-order valence-corrected chi connectivity index (χ3v) is 4.22. The first-order valence-electron chi connectivity index (χ1n) is 8.79. The molecule has 2 amide bonds. The highest BCUT2D eigenvalue weighted by atomic mass is 16.2. The normalized spacial score (nSPS) is 10.4. The van der Waals surface area contributed by atoms with Crippen LogP contribution in [0, 0.1) is 6.92 Å². The number of aryl methyl sites for hydroxylation is 1. The Bertz CT molecular complexity index is 948. The molecule has 0 saturated carbocycles. The number of anilines is 2. The topological polar surface area (TPSA) is 76.0 Å². The van der Waals surface area contributed by atoms with E-state index in [2.05, 4.69) is 15.7 Å². The predicted molar refractivity (Wildman–Crippen MR) is 106 cm³/mol. The number of hydrogen-bond acceptors (Lipinski definition) is 3. The van der Waals surface area contributed by atoms with Crippen LogP contribution in [0.5, 0.6) is 0 Å². The summed E-state index contributed by atoms with van der Waals surface area (Å²) in [5.41, 5.74) is 4.21. The van der Waals surface area contributed by atoms with E-state index >= 15 is 0 Å². The highest BCUT2D eigenvalue weighted by Gasteiger charge is 2.10. The fraction of sp³-hybridized carbons (Fsp3) is 0.190. The predicted octanol–water partition coefficient (Wildman–Crippen LogP) is 3.71. The van der Waals surface area contributed by atoms with Crippen molar-refractivity contribution < 1.29 is 9.59 Å². The third kappa shape index (κ3) is 4.82. The number of para-hydroxylation sites is 1. The van der Waals surface area contributed by atoms with Gasteiger partial charge in [-0.05, 0) is 48.7 Å². The monoisotopic (exact) mass is 362 g/mol. The first-order chi connectivity index (χ1) is 13.0. The SMILES string of the molecule is CC(=O)Nc1cccc(NC(=O)CCc2cnn(-c3ccccc3)c2)c1C.